The van der Waals surface area contributed by atoms with Gasteiger partial charge in [-0.2, -0.15) is 0 Å². The smallest absolute Gasteiger partial charge is 0.258 e. The van der Waals surface area contributed by atoms with Crippen molar-refractivity contribution < 1.29 is 13.6 Å². The van der Waals surface area contributed by atoms with E-state index in [1.54, 1.807) is 12.1 Å². The van der Waals surface area contributed by atoms with Crippen molar-refractivity contribution in [2.45, 2.75) is 13.3 Å². The highest BCUT2D eigenvalue weighted by molar-refractivity contribution is 6.04. The maximum atomic E-state index is 13.7. The summed E-state index contributed by atoms with van der Waals surface area (Å²) in [5, 5.41) is 2.62. The number of imidazole rings is 1. The minimum Gasteiger partial charge on any atom is -0.322 e. The van der Waals surface area contributed by atoms with Crippen molar-refractivity contribution in [2.24, 2.45) is 0 Å². The van der Waals surface area contributed by atoms with Crippen LogP contribution in [0.15, 0.2) is 67.0 Å². The monoisotopic (exact) mass is 377 g/mol. The molecule has 0 aliphatic heterocycles. The number of pyridine rings is 1. The van der Waals surface area contributed by atoms with Crippen molar-refractivity contribution in [2.75, 3.05) is 5.32 Å². The van der Waals surface area contributed by atoms with Gasteiger partial charge in [-0.25, -0.2) is 13.8 Å². The van der Waals surface area contributed by atoms with E-state index in [0.717, 1.165) is 35.5 Å². The number of aromatic nitrogens is 2. The summed E-state index contributed by atoms with van der Waals surface area (Å²) in [4.78, 5) is 16.9. The number of hydrogen-bond donors (Lipinski definition) is 1. The molecule has 0 aliphatic carbocycles. The molecule has 4 rings (SSSR count). The van der Waals surface area contributed by atoms with Crippen LogP contribution in [0.3, 0.4) is 0 Å². The first kappa shape index (κ1) is 17.9. The zero-order chi connectivity index (χ0) is 19.7. The van der Waals surface area contributed by atoms with Gasteiger partial charge in [-0.3, -0.25) is 4.79 Å². The number of benzene rings is 2. The molecule has 2 heterocycles. The third kappa shape index (κ3) is 3.36. The van der Waals surface area contributed by atoms with E-state index in [1.807, 2.05) is 35.0 Å². The highest BCUT2D eigenvalue weighted by Gasteiger charge is 2.13. The molecule has 2 aromatic carbocycles. The lowest BCUT2D eigenvalue weighted by Gasteiger charge is -2.07. The van der Waals surface area contributed by atoms with E-state index in [-0.39, 0.29) is 5.56 Å². The van der Waals surface area contributed by atoms with Crippen LogP contribution in [0.4, 0.5) is 14.5 Å². The summed E-state index contributed by atoms with van der Waals surface area (Å²) in [7, 11) is 0. The van der Waals surface area contributed by atoms with Crippen LogP contribution in [0.5, 0.6) is 0 Å². The van der Waals surface area contributed by atoms with Gasteiger partial charge in [-0.05, 0) is 42.3 Å². The lowest BCUT2D eigenvalue weighted by atomic mass is 10.1. The molecule has 0 bridgehead atoms. The number of amides is 1. The molecule has 4 nitrogen and oxygen atoms in total. The van der Waals surface area contributed by atoms with Crippen molar-refractivity contribution >= 4 is 17.2 Å². The van der Waals surface area contributed by atoms with Crippen molar-refractivity contribution in [3.8, 4) is 11.3 Å². The minimum atomic E-state index is -0.898. The SMILES string of the molecule is CCc1cccn2cc(-c3ccc(NC(=O)c4ccc(F)cc4F)cc3)nc12. The second kappa shape index (κ2) is 7.23. The Kier molecular flexibility index (Phi) is 4.61. The van der Waals surface area contributed by atoms with Crippen LogP contribution in [0, 0.1) is 11.6 Å². The summed E-state index contributed by atoms with van der Waals surface area (Å²) in [6, 6.07) is 14.0. The summed E-state index contributed by atoms with van der Waals surface area (Å²) in [6.07, 6.45) is 4.80. The van der Waals surface area contributed by atoms with Gasteiger partial charge in [0.2, 0.25) is 0 Å². The largest absolute Gasteiger partial charge is 0.322 e. The van der Waals surface area contributed by atoms with E-state index in [9.17, 15) is 13.6 Å². The quantitative estimate of drug-likeness (QED) is 0.538. The van der Waals surface area contributed by atoms with Crippen LogP contribution in [0.25, 0.3) is 16.9 Å². The Balaban J connectivity index is 1.56. The van der Waals surface area contributed by atoms with Crippen LogP contribution < -0.4 is 5.32 Å². The number of anilines is 1. The fourth-order valence-corrected chi connectivity index (χ4v) is 3.08. The molecule has 2 aromatic heterocycles. The predicted molar refractivity (Wildman–Crippen MR) is 104 cm³/mol. The van der Waals surface area contributed by atoms with Gasteiger partial charge in [0.05, 0.1) is 11.3 Å². The number of carbonyl (C=O) groups is 1. The average molecular weight is 377 g/mol. The second-order valence-corrected chi connectivity index (χ2v) is 6.40. The zero-order valence-corrected chi connectivity index (χ0v) is 15.1. The predicted octanol–water partition coefficient (Wildman–Crippen LogP) is 5.09. The molecule has 28 heavy (non-hydrogen) atoms. The molecule has 0 saturated carbocycles. The highest BCUT2D eigenvalue weighted by atomic mass is 19.1. The number of rotatable bonds is 4. The number of carbonyl (C=O) groups excluding carboxylic acids is 1. The van der Waals surface area contributed by atoms with Gasteiger partial charge in [0, 0.05) is 29.7 Å². The first-order valence-electron chi connectivity index (χ1n) is 8.88. The van der Waals surface area contributed by atoms with E-state index >= 15 is 0 Å². The van der Waals surface area contributed by atoms with Crippen LogP contribution in [-0.4, -0.2) is 15.3 Å². The van der Waals surface area contributed by atoms with Crippen LogP contribution in [-0.2, 0) is 6.42 Å². The first-order valence-corrected chi connectivity index (χ1v) is 8.88. The molecule has 0 aliphatic rings. The summed E-state index contributed by atoms with van der Waals surface area (Å²) >= 11 is 0. The molecule has 0 radical (unpaired) electrons. The summed E-state index contributed by atoms with van der Waals surface area (Å²) in [5.41, 5.74) is 4.11. The maximum absolute atomic E-state index is 13.7. The molecule has 0 fully saturated rings. The molecular formula is C22H17F2N3O. The highest BCUT2D eigenvalue weighted by Crippen LogP contribution is 2.23. The van der Waals surface area contributed by atoms with Gasteiger partial charge < -0.3 is 9.72 Å². The number of aryl methyl sites for hydroxylation is 1. The molecule has 0 atom stereocenters. The third-order valence-electron chi connectivity index (χ3n) is 4.56. The molecule has 0 spiro atoms. The maximum Gasteiger partial charge on any atom is 0.258 e. The second-order valence-electron chi connectivity index (χ2n) is 6.40. The van der Waals surface area contributed by atoms with Crippen molar-refractivity contribution in [3.05, 3.63) is 89.8 Å². The van der Waals surface area contributed by atoms with Crippen molar-refractivity contribution in [3.63, 3.8) is 0 Å². The molecule has 6 heteroatoms. The molecule has 1 N–H and O–H groups in total. The summed E-state index contributed by atoms with van der Waals surface area (Å²) in [6.45, 7) is 2.09. The average Bonchev–Trinajstić information content (AvgIpc) is 3.12. The fourth-order valence-electron chi connectivity index (χ4n) is 3.08. The molecule has 0 saturated heterocycles. The van der Waals surface area contributed by atoms with Crippen LogP contribution in [0.1, 0.15) is 22.8 Å². The van der Waals surface area contributed by atoms with Crippen LogP contribution in [0.2, 0.25) is 0 Å². The zero-order valence-electron chi connectivity index (χ0n) is 15.1. The van der Waals surface area contributed by atoms with Gasteiger partial charge in [-0.15, -0.1) is 0 Å². The Labute approximate surface area is 160 Å². The van der Waals surface area contributed by atoms with Gasteiger partial charge in [0.1, 0.15) is 17.3 Å². The molecular weight excluding hydrogens is 360 g/mol. The normalized spacial score (nSPS) is 11.0. The van der Waals surface area contributed by atoms with E-state index in [4.69, 9.17) is 4.98 Å². The lowest BCUT2D eigenvalue weighted by Crippen LogP contribution is -2.13. The van der Waals surface area contributed by atoms with Gasteiger partial charge >= 0.3 is 0 Å². The Morgan fingerprint density at radius 3 is 2.61 bits per heavy atom. The van der Waals surface area contributed by atoms with Crippen molar-refractivity contribution in [1.82, 2.24) is 9.38 Å². The lowest BCUT2D eigenvalue weighted by molar-refractivity contribution is 0.102. The number of halogens is 2. The summed E-state index contributed by atoms with van der Waals surface area (Å²) in [5.74, 6) is -2.26. The molecule has 1 amide bonds. The van der Waals surface area contributed by atoms with Crippen molar-refractivity contribution in [1.29, 1.82) is 0 Å². The molecule has 140 valence electrons. The number of fused-ring (bicyclic) bond motifs is 1. The molecule has 4 aromatic rings. The Morgan fingerprint density at radius 2 is 1.89 bits per heavy atom. The Hall–Kier alpha value is -3.54. The van der Waals surface area contributed by atoms with Crippen LogP contribution >= 0.6 is 0 Å². The fraction of sp³-hybridized carbons (Fsp3) is 0.0909. The Morgan fingerprint density at radius 1 is 1.11 bits per heavy atom. The standard InChI is InChI=1S/C22H17F2N3O/c1-2-14-4-3-11-27-13-20(26-21(14)27)15-5-8-17(9-6-15)25-22(28)18-10-7-16(23)12-19(18)24/h3-13H,2H2,1H3,(H,25,28). The van der Waals surface area contributed by atoms with E-state index in [1.165, 1.54) is 5.56 Å². The Bertz CT molecular complexity index is 1170. The number of nitrogens with one attached hydrogen (secondary N) is 1. The van der Waals surface area contributed by atoms with Gasteiger partial charge in [0.15, 0.2) is 0 Å². The van der Waals surface area contributed by atoms with E-state index in [2.05, 4.69) is 18.3 Å². The molecule has 0 unspecified atom stereocenters. The number of hydrogen-bond acceptors (Lipinski definition) is 2. The van der Waals surface area contributed by atoms with Gasteiger partial charge in [0.25, 0.3) is 5.91 Å². The first-order chi connectivity index (χ1) is 13.5. The third-order valence-corrected chi connectivity index (χ3v) is 4.56. The van der Waals surface area contributed by atoms with E-state index < -0.39 is 17.5 Å². The van der Waals surface area contributed by atoms with E-state index in [0.29, 0.717) is 11.8 Å². The minimum absolute atomic E-state index is 0.210. The topological polar surface area (TPSA) is 46.4 Å². The summed E-state index contributed by atoms with van der Waals surface area (Å²) < 4.78 is 28.7. The van der Waals surface area contributed by atoms with Gasteiger partial charge in [-0.1, -0.05) is 25.1 Å². The number of nitrogens with zero attached hydrogens (tertiary/aromatic N) is 2.